The summed E-state index contributed by atoms with van der Waals surface area (Å²) in [6.45, 7) is 10.1. The van der Waals surface area contributed by atoms with Crippen LogP contribution >= 0.6 is 0 Å². The van der Waals surface area contributed by atoms with Crippen molar-refractivity contribution >= 4 is 22.3 Å². The Morgan fingerprint density at radius 1 is 1.05 bits per heavy atom. The van der Waals surface area contributed by atoms with Gasteiger partial charge in [0.15, 0.2) is 0 Å². The Balaban J connectivity index is 1.29. The minimum Gasteiger partial charge on any atom is -0.492 e. The smallest absolute Gasteiger partial charge is 0.119 e. The van der Waals surface area contributed by atoms with Gasteiger partial charge in [0.2, 0.25) is 0 Å². The molecule has 3 heterocycles. The lowest BCUT2D eigenvalue weighted by atomic mass is 9.99. The van der Waals surface area contributed by atoms with Crippen LogP contribution in [-0.4, -0.2) is 54.2 Å². The average Bonchev–Trinajstić information content (AvgIpc) is 3.61. The van der Waals surface area contributed by atoms with Crippen LogP contribution in [0.4, 0.5) is 11.4 Å². The normalized spacial score (nSPS) is 13.6. The molecule has 0 aliphatic carbocycles. The molecule has 190 valence electrons. The molecule has 7 heteroatoms. The van der Waals surface area contributed by atoms with Crippen molar-refractivity contribution < 1.29 is 4.74 Å². The van der Waals surface area contributed by atoms with Crippen LogP contribution in [0.25, 0.3) is 22.0 Å². The summed E-state index contributed by atoms with van der Waals surface area (Å²) in [7, 11) is 0. The summed E-state index contributed by atoms with van der Waals surface area (Å²) in [5, 5.41) is 18.0. The van der Waals surface area contributed by atoms with Crippen molar-refractivity contribution in [2.45, 2.75) is 26.7 Å². The van der Waals surface area contributed by atoms with Crippen molar-refractivity contribution in [2.75, 3.05) is 44.6 Å². The van der Waals surface area contributed by atoms with E-state index in [2.05, 4.69) is 50.6 Å². The molecule has 0 saturated carbocycles. The van der Waals surface area contributed by atoms with Gasteiger partial charge >= 0.3 is 0 Å². The number of rotatable bonds is 10. The minimum atomic E-state index is 0.509. The van der Waals surface area contributed by atoms with E-state index in [1.165, 1.54) is 25.9 Å². The molecule has 37 heavy (non-hydrogen) atoms. The van der Waals surface area contributed by atoms with Gasteiger partial charge in [0.05, 0.1) is 11.3 Å². The molecule has 0 atom stereocenters. The van der Waals surface area contributed by atoms with Gasteiger partial charge in [0.1, 0.15) is 18.4 Å². The first-order chi connectivity index (χ1) is 18.1. The van der Waals surface area contributed by atoms with Crippen molar-refractivity contribution in [2.24, 2.45) is 0 Å². The fourth-order valence-corrected chi connectivity index (χ4v) is 5.06. The predicted molar refractivity (Wildman–Crippen MR) is 149 cm³/mol. The van der Waals surface area contributed by atoms with Gasteiger partial charge in [0.25, 0.3) is 0 Å². The second kappa shape index (κ2) is 11.5. The zero-order chi connectivity index (χ0) is 25.6. The molecule has 0 amide bonds. The molecule has 0 bridgehead atoms. The topological polar surface area (TPSA) is 89.0 Å². The Bertz CT molecular complexity index is 1400. The fourth-order valence-electron chi connectivity index (χ4n) is 5.06. The van der Waals surface area contributed by atoms with Crippen molar-refractivity contribution in [3.63, 3.8) is 0 Å². The third-order valence-electron chi connectivity index (χ3n) is 7.15. The summed E-state index contributed by atoms with van der Waals surface area (Å²) in [5.74, 6) is 0.829. The first-order valence-corrected chi connectivity index (χ1v) is 13.0. The van der Waals surface area contributed by atoms with Crippen LogP contribution in [0.3, 0.4) is 0 Å². The molecule has 1 saturated heterocycles. The van der Waals surface area contributed by atoms with Crippen LogP contribution in [0, 0.1) is 25.2 Å². The van der Waals surface area contributed by atoms with E-state index in [-0.39, 0.29) is 0 Å². The second-order valence-electron chi connectivity index (χ2n) is 9.59. The number of benzene rings is 2. The molecule has 0 unspecified atom stereocenters. The Morgan fingerprint density at radius 2 is 1.86 bits per heavy atom. The lowest BCUT2D eigenvalue weighted by Crippen LogP contribution is -2.32. The van der Waals surface area contributed by atoms with E-state index >= 15 is 0 Å². The van der Waals surface area contributed by atoms with Gasteiger partial charge in [-0.15, -0.1) is 0 Å². The lowest BCUT2D eigenvalue weighted by Gasteiger charge is -2.18. The van der Waals surface area contributed by atoms with E-state index in [9.17, 15) is 5.26 Å². The maximum Gasteiger partial charge on any atom is 0.119 e. The standard InChI is InChI=1S/C30H34N6O/c1-21-26-11-12-33-28(26)10-9-27(21)35-30-24(19-31)20-34-22(2)29(30)23-5-7-25(8-6-23)37-18-14-32-13-17-36-15-3-4-16-36/h5-12,20,32-33H,3-4,13-18H2,1-2H3,(H,34,35). The van der Waals surface area contributed by atoms with E-state index in [1.54, 1.807) is 6.20 Å². The van der Waals surface area contributed by atoms with Gasteiger partial charge in [-0.2, -0.15) is 5.26 Å². The number of hydrogen-bond acceptors (Lipinski definition) is 6. The van der Waals surface area contributed by atoms with Gasteiger partial charge in [-0.05, 0) is 81.2 Å². The van der Waals surface area contributed by atoms with Gasteiger partial charge in [-0.1, -0.05) is 12.1 Å². The van der Waals surface area contributed by atoms with Crippen molar-refractivity contribution in [1.82, 2.24) is 20.2 Å². The number of anilines is 2. The molecule has 3 N–H and O–H groups in total. The fraction of sp³-hybridized carbons (Fsp3) is 0.333. The summed E-state index contributed by atoms with van der Waals surface area (Å²) < 4.78 is 5.96. The molecule has 1 aliphatic rings. The average molecular weight is 495 g/mol. The molecule has 0 spiro atoms. The first-order valence-electron chi connectivity index (χ1n) is 13.0. The highest BCUT2D eigenvalue weighted by atomic mass is 16.5. The Morgan fingerprint density at radius 3 is 2.65 bits per heavy atom. The third kappa shape index (κ3) is 5.61. The predicted octanol–water partition coefficient (Wildman–Crippen LogP) is 5.53. The molecule has 2 aromatic carbocycles. The Hall–Kier alpha value is -3.86. The van der Waals surface area contributed by atoms with E-state index in [0.29, 0.717) is 12.2 Å². The highest BCUT2D eigenvalue weighted by Gasteiger charge is 2.17. The SMILES string of the molecule is Cc1ncc(C#N)c(Nc2ccc3[nH]ccc3c2C)c1-c1ccc(OCCNCCN2CCCC2)cc1. The van der Waals surface area contributed by atoms with Gasteiger partial charge in [0, 0.05) is 59.9 Å². The van der Waals surface area contributed by atoms with E-state index < -0.39 is 0 Å². The number of nitriles is 1. The summed E-state index contributed by atoms with van der Waals surface area (Å²) in [5.41, 5.74) is 7.22. The van der Waals surface area contributed by atoms with Crippen molar-refractivity contribution in [3.8, 4) is 22.9 Å². The zero-order valence-electron chi connectivity index (χ0n) is 21.6. The summed E-state index contributed by atoms with van der Waals surface area (Å²) in [4.78, 5) is 10.3. The largest absolute Gasteiger partial charge is 0.492 e. The number of aromatic nitrogens is 2. The monoisotopic (exact) mass is 494 g/mol. The number of nitrogens with one attached hydrogen (secondary N) is 3. The number of fused-ring (bicyclic) bond motifs is 1. The third-order valence-corrected chi connectivity index (χ3v) is 7.15. The molecule has 0 radical (unpaired) electrons. The number of pyridine rings is 1. The molecule has 1 fully saturated rings. The van der Waals surface area contributed by atoms with Crippen LogP contribution in [0.1, 0.15) is 29.7 Å². The molecule has 4 aromatic rings. The van der Waals surface area contributed by atoms with Crippen molar-refractivity contribution in [3.05, 3.63) is 71.7 Å². The first kappa shape index (κ1) is 24.8. The Kier molecular flexibility index (Phi) is 7.69. The van der Waals surface area contributed by atoms with Gasteiger partial charge in [-0.25, -0.2) is 0 Å². The number of aromatic amines is 1. The van der Waals surface area contributed by atoms with E-state index in [4.69, 9.17) is 4.74 Å². The number of ether oxygens (including phenoxy) is 1. The number of nitrogens with zero attached hydrogens (tertiary/aromatic N) is 3. The van der Waals surface area contributed by atoms with Crippen LogP contribution in [0.2, 0.25) is 0 Å². The number of hydrogen-bond donors (Lipinski definition) is 3. The molecular weight excluding hydrogens is 460 g/mol. The molecular formula is C30H34N6O. The molecule has 5 rings (SSSR count). The summed E-state index contributed by atoms with van der Waals surface area (Å²) in [6, 6.07) is 16.5. The van der Waals surface area contributed by atoms with E-state index in [0.717, 1.165) is 70.0 Å². The number of H-pyrrole nitrogens is 1. The maximum absolute atomic E-state index is 9.87. The van der Waals surface area contributed by atoms with Crippen LogP contribution in [-0.2, 0) is 0 Å². The van der Waals surface area contributed by atoms with Gasteiger partial charge < -0.3 is 25.3 Å². The highest BCUT2D eigenvalue weighted by Crippen LogP contribution is 2.37. The quantitative estimate of drug-likeness (QED) is 0.251. The Labute approximate surface area is 218 Å². The number of likely N-dealkylation sites (tertiary alicyclic amines) is 1. The molecule has 1 aliphatic heterocycles. The van der Waals surface area contributed by atoms with Crippen molar-refractivity contribution in [1.29, 1.82) is 5.26 Å². The molecule has 2 aromatic heterocycles. The second-order valence-corrected chi connectivity index (χ2v) is 9.59. The van der Waals surface area contributed by atoms with E-state index in [1.807, 2.05) is 43.5 Å². The zero-order valence-corrected chi connectivity index (χ0v) is 21.6. The minimum absolute atomic E-state index is 0.509. The number of aryl methyl sites for hydroxylation is 2. The maximum atomic E-state index is 9.87. The molecule has 7 nitrogen and oxygen atoms in total. The summed E-state index contributed by atoms with van der Waals surface area (Å²) in [6.07, 6.45) is 6.24. The van der Waals surface area contributed by atoms with Gasteiger partial charge in [-0.3, -0.25) is 4.98 Å². The lowest BCUT2D eigenvalue weighted by molar-refractivity contribution is 0.299. The summed E-state index contributed by atoms with van der Waals surface area (Å²) >= 11 is 0. The van der Waals surface area contributed by atoms with Crippen LogP contribution < -0.4 is 15.4 Å². The highest BCUT2D eigenvalue weighted by molar-refractivity contribution is 5.92. The van der Waals surface area contributed by atoms with Crippen LogP contribution in [0.15, 0.2) is 54.9 Å². The van der Waals surface area contributed by atoms with Crippen LogP contribution in [0.5, 0.6) is 5.75 Å².